The molecule has 0 saturated heterocycles. The molecule has 106 valence electrons. The topological polar surface area (TPSA) is 21.3 Å². The maximum atomic E-state index is 5.83. The van der Waals surface area contributed by atoms with E-state index in [9.17, 15) is 0 Å². The Morgan fingerprint density at radius 3 is 2.84 bits per heavy atom. The third-order valence-electron chi connectivity index (χ3n) is 3.85. The molecular formula is C16H24BrNO. The Kier molecular flexibility index (Phi) is 4.57. The largest absolute Gasteiger partial charge is 0.493 e. The number of hydrogen-bond acceptors (Lipinski definition) is 2. The highest BCUT2D eigenvalue weighted by molar-refractivity contribution is 9.10. The van der Waals surface area contributed by atoms with Crippen LogP contribution in [0.15, 0.2) is 16.6 Å². The molecule has 0 radical (unpaired) electrons. The van der Waals surface area contributed by atoms with Crippen molar-refractivity contribution in [3.8, 4) is 5.75 Å². The number of rotatable bonds is 5. The minimum absolute atomic E-state index is 0.267. The van der Waals surface area contributed by atoms with Gasteiger partial charge in [-0.2, -0.15) is 0 Å². The van der Waals surface area contributed by atoms with E-state index >= 15 is 0 Å². The van der Waals surface area contributed by atoms with Crippen molar-refractivity contribution in [3.63, 3.8) is 0 Å². The van der Waals surface area contributed by atoms with Gasteiger partial charge in [0.05, 0.1) is 6.61 Å². The summed E-state index contributed by atoms with van der Waals surface area (Å²) in [5.41, 5.74) is 2.96. The zero-order valence-electron chi connectivity index (χ0n) is 12.3. The normalized spacial score (nSPS) is 16.1. The first-order valence-corrected chi connectivity index (χ1v) is 7.82. The van der Waals surface area contributed by atoms with Crippen LogP contribution >= 0.6 is 15.9 Å². The van der Waals surface area contributed by atoms with Gasteiger partial charge >= 0.3 is 0 Å². The number of halogens is 1. The molecule has 0 aromatic heterocycles. The smallest absolute Gasteiger partial charge is 0.125 e. The molecule has 1 aliphatic heterocycles. The van der Waals surface area contributed by atoms with Crippen LogP contribution in [0.5, 0.6) is 5.75 Å². The van der Waals surface area contributed by atoms with E-state index in [4.69, 9.17) is 4.74 Å². The number of fused-ring (bicyclic) bond motifs is 1. The van der Waals surface area contributed by atoms with Crippen LogP contribution in [0.2, 0.25) is 0 Å². The first-order chi connectivity index (χ1) is 8.91. The summed E-state index contributed by atoms with van der Waals surface area (Å²) in [6.07, 6.45) is 3.25. The zero-order valence-corrected chi connectivity index (χ0v) is 13.9. The maximum absolute atomic E-state index is 5.83. The maximum Gasteiger partial charge on any atom is 0.125 e. The van der Waals surface area contributed by atoms with Gasteiger partial charge in [-0.25, -0.2) is 0 Å². The SMILES string of the molecule is CNC(C)CC(C)(C)Cc1cc(Br)cc2c1OCC2. The molecule has 0 saturated carbocycles. The van der Waals surface area contributed by atoms with E-state index in [1.165, 1.54) is 15.6 Å². The van der Waals surface area contributed by atoms with E-state index in [1.54, 1.807) is 0 Å². The van der Waals surface area contributed by atoms with Gasteiger partial charge in [0.25, 0.3) is 0 Å². The minimum atomic E-state index is 0.267. The summed E-state index contributed by atoms with van der Waals surface area (Å²) >= 11 is 3.62. The minimum Gasteiger partial charge on any atom is -0.493 e. The molecule has 1 aromatic carbocycles. The summed E-state index contributed by atoms with van der Waals surface area (Å²) in [5.74, 6) is 1.13. The molecule has 0 spiro atoms. The van der Waals surface area contributed by atoms with Crippen LogP contribution in [-0.4, -0.2) is 19.7 Å². The van der Waals surface area contributed by atoms with Gasteiger partial charge in [-0.05, 0) is 55.5 Å². The van der Waals surface area contributed by atoms with Crippen molar-refractivity contribution in [1.29, 1.82) is 0 Å². The number of nitrogens with one attached hydrogen (secondary N) is 1. The lowest BCUT2D eigenvalue weighted by atomic mass is 9.80. The molecule has 1 atom stereocenters. The highest BCUT2D eigenvalue weighted by Gasteiger charge is 2.25. The fourth-order valence-corrected chi connectivity index (χ4v) is 3.55. The van der Waals surface area contributed by atoms with Crippen LogP contribution in [0.1, 0.15) is 38.3 Å². The zero-order chi connectivity index (χ0) is 14.0. The molecule has 1 unspecified atom stereocenters. The van der Waals surface area contributed by atoms with Gasteiger partial charge in [-0.15, -0.1) is 0 Å². The van der Waals surface area contributed by atoms with Crippen LogP contribution in [0, 0.1) is 5.41 Å². The van der Waals surface area contributed by atoms with Crippen molar-refractivity contribution in [2.24, 2.45) is 5.41 Å². The second-order valence-corrected chi connectivity index (χ2v) is 7.30. The molecule has 0 bridgehead atoms. The summed E-state index contributed by atoms with van der Waals surface area (Å²) in [7, 11) is 2.03. The van der Waals surface area contributed by atoms with Crippen molar-refractivity contribution in [2.75, 3.05) is 13.7 Å². The van der Waals surface area contributed by atoms with E-state index in [0.717, 1.165) is 31.6 Å². The lowest BCUT2D eigenvalue weighted by Gasteiger charge is -2.28. The molecule has 0 amide bonds. The van der Waals surface area contributed by atoms with Gasteiger partial charge in [0.1, 0.15) is 5.75 Å². The van der Waals surface area contributed by atoms with Gasteiger partial charge in [0.2, 0.25) is 0 Å². The molecule has 1 aromatic rings. The average molecular weight is 326 g/mol. The molecule has 3 heteroatoms. The quantitative estimate of drug-likeness (QED) is 0.885. The second kappa shape index (κ2) is 5.84. The standard InChI is InChI=1S/C16H24BrNO/c1-11(18-4)9-16(2,3)10-13-8-14(17)7-12-5-6-19-15(12)13/h7-8,11,18H,5-6,9-10H2,1-4H3. The summed E-state index contributed by atoms with van der Waals surface area (Å²) in [4.78, 5) is 0. The first kappa shape index (κ1) is 14.9. The van der Waals surface area contributed by atoms with Gasteiger partial charge in [0.15, 0.2) is 0 Å². The van der Waals surface area contributed by atoms with E-state index < -0.39 is 0 Å². The molecular weight excluding hydrogens is 302 g/mol. The molecule has 1 N–H and O–H groups in total. The molecule has 0 fully saturated rings. The van der Waals surface area contributed by atoms with Gasteiger partial charge in [-0.1, -0.05) is 29.8 Å². The Labute approximate surface area is 125 Å². The van der Waals surface area contributed by atoms with Crippen molar-refractivity contribution in [1.82, 2.24) is 5.32 Å². The molecule has 2 rings (SSSR count). The Morgan fingerprint density at radius 2 is 2.16 bits per heavy atom. The third-order valence-corrected chi connectivity index (χ3v) is 4.30. The third kappa shape index (κ3) is 3.73. The van der Waals surface area contributed by atoms with Crippen molar-refractivity contribution in [2.45, 2.75) is 46.1 Å². The Morgan fingerprint density at radius 1 is 1.42 bits per heavy atom. The van der Waals surface area contributed by atoms with Crippen molar-refractivity contribution in [3.05, 3.63) is 27.7 Å². The number of benzene rings is 1. The first-order valence-electron chi connectivity index (χ1n) is 7.02. The molecule has 1 aliphatic rings. The Hall–Kier alpha value is -0.540. The summed E-state index contributed by atoms with van der Waals surface area (Å²) in [6.45, 7) is 7.74. The van der Waals surface area contributed by atoms with Crippen molar-refractivity contribution < 1.29 is 4.74 Å². The molecule has 0 aliphatic carbocycles. The van der Waals surface area contributed by atoms with Gasteiger partial charge < -0.3 is 10.1 Å². The van der Waals surface area contributed by atoms with E-state index in [2.05, 4.69) is 54.2 Å². The fourth-order valence-electron chi connectivity index (χ4n) is 3.00. The summed E-state index contributed by atoms with van der Waals surface area (Å²) in [5, 5.41) is 3.33. The Bertz CT molecular complexity index is 456. The van der Waals surface area contributed by atoms with Crippen LogP contribution < -0.4 is 10.1 Å². The van der Waals surface area contributed by atoms with Gasteiger partial charge in [0, 0.05) is 16.9 Å². The monoisotopic (exact) mass is 325 g/mol. The van der Waals surface area contributed by atoms with E-state index in [1.807, 2.05) is 7.05 Å². The van der Waals surface area contributed by atoms with Crippen molar-refractivity contribution >= 4 is 15.9 Å². The van der Waals surface area contributed by atoms with E-state index in [-0.39, 0.29) is 5.41 Å². The van der Waals surface area contributed by atoms with E-state index in [0.29, 0.717) is 6.04 Å². The average Bonchev–Trinajstić information content (AvgIpc) is 2.75. The number of ether oxygens (including phenoxy) is 1. The summed E-state index contributed by atoms with van der Waals surface area (Å²) in [6, 6.07) is 4.95. The highest BCUT2D eigenvalue weighted by Crippen LogP contribution is 2.38. The van der Waals surface area contributed by atoms with Crippen LogP contribution in [-0.2, 0) is 12.8 Å². The lowest BCUT2D eigenvalue weighted by molar-refractivity contribution is 0.286. The highest BCUT2D eigenvalue weighted by atomic mass is 79.9. The molecule has 19 heavy (non-hydrogen) atoms. The predicted octanol–water partition coefficient (Wildman–Crippen LogP) is 3.95. The number of hydrogen-bond donors (Lipinski definition) is 1. The van der Waals surface area contributed by atoms with Gasteiger partial charge in [-0.3, -0.25) is 0 Å². The van der Waals surface area contributed by atoms with Crippen LogP contribution in [0.25, 0.3) is 0 Å². The second-order valence-electron chi connectivity index (χ2n) is 6.39. The molecule has 1 heterocycles. The predicted molar refractivity (Wildman–Crippen MR) is 84.0 cm³/mol. The molecule has 2 nitrogen and oxygen atoms in total. The summed E-state index contributed by atoms with van der Waals surface area (Å²) < 4.78 is 7.00. The Balaban J connectivity index is 2.19. The van der Waals surface area contributed by atoms with Crippen LogP contribution in [0.3, 0.4) is 0 Å². The fraction of sp³-hybridized carbons (Fsp3) is 0.625. The van der Waals surface area contributed by atoms with Crippen LogP contribution in [0.4, 0.5) is 0 Å². The lowest BCUT2D eigenvalue weighted by Crippen LogP contribution is -2.29.